The first kappa shape index (κ1) is 26.6. The van der Waals surface area contributed by atoms with E-state index in [9.17, 15) is 5.26 Å². The number of aryl methyl sites for hydroxylation is 2. The van der Waals surface area contributed by atoms with Crippen molar-refractivity contribution in [2.24, 2.45) is 0 Å². The summed E-state index contributed by atoms with van der Waals surface area (Å²) in [7, 11) is 1.64. The van der Waals surface area contributed by atoms with Crippen LogP contribution in [0.25, 0.3) is 10.9 Å². The number of pyridine rings is 1. The molecular formula is C27H34N2O3. The Bertz CT molecular complexity index is 1030. The van der Waals surface area contributed by atoms with Gasteiger partial charge in [-0.3, -0.25) is 0 Å². The van der Waals surface area contributed by atoms with Crippen molar-refractivity contribution >= 4 is 17.7 Å². The highest BCUT2D eigenvalue weighted by atomic mass is 16.5. The van der Waals surface area contributed by atoms with Gasteiger partial charge < -0.3 is 14.3 Å². The van der Waals surface area contributed by atoms with Crippen LogP contribution in [-0.2, 0) is 16.6 Å². The van der Waals surface area contributed by atoms with Crippen molar-refractivity contribution in [3.05, 3.63) is 65.2 Å². The number of ether oxygens (including phenoxy) is 2. The predicted octanol–water partition coefficient (Wildman–Crippen LogP) is 6.21. The van der Waals surface area contributed by atoms with Crippen molar-refractivity contribution in [2.45, 2.75) is 52.9 Å². The fourth-order valence-corrected chi connectivity index (χ4v) is 3.24. The number of nitrogens with zero attached hydrogens (tertiary/aromatic N) is 2. The van der Waals surface area contributed by atoms with E-state index in [-0.39, 0.29) is 0 Å². The zero-order valence-corrected chi connectivity index (χ0v) is 20.1. The van der Waals surface area contributed by atoms with Gasteiger partial charge >= 0.3 is 0 Å². The van der Waals surface area contributed by atoms with Gasteiger partial charge in [0.05, 0.1) is 30.7 Å². The number of fused-ring (bicyclic) bond motifs is 1. The first-order valence-corrected chi connectivity index (χ1v) is 10.9. The molecule has 1 aromatic heterocycles. The highest BCUT2D eigenvalue weighted by Gasteiger charge is 2.27. The summed E-state index contributed by atoms with van der Waals surface area (Å²) < 4.78 is 11.3. The molecule has 0 aliphatic heterocycles. The molecule has 0 N–H and O–H groups in total. The van der Waals surface area contributed by atoms with E-state index in [2.05, 4.69) is 24.0 Å². The number of carbonyl (C=O) groups excluding carboxylic acids is 1. The lowest BCUT2D eigenvalue weighted by molar-refractivity contribution is -0.0979. The minimum atomic E-state index is -0.656. The molecular weight excluding hydrogens is 400 g/mol. The van der Waals surface area contributed by atoms with Gasteiger partial charge in [0.25, 0.3) is 0 Å². The van der Waals surface area contributed by atoms with Gasteiger partial charge in [0.2, 0.25) is 5.88 Å². The Labute approximate surface area is 192 Å². The first-order chi connectivity index (χ1) is 15.5. The first-order valence-electron chi connectivity index (χ1n) is 10.9. The Balaban J connectivity index is 0.00000121. The minimum Gasteiger partial charge on any atom is -0.494 e. The van der Waals surface area contributed by atoms with E-state index in [0.29, 0.717) is 18.9 Å². The van der Waals surface area contributed by atoms with Crippen LogP contribution in [0.4, 0.5) is 0 Å². The number of carbonyl (C=O) groups is 1. The molecule has 0 radical (unpaired) electrons. The number of aromatic nitrogens is 1. The Morgan fingerprint density at radius 1 is 1.09 bits per heavy atom. The molecule has 0 aliphatic rings. The van der Waals surface area contributed by atoms with E-state index in [4.69, 9.17) is 14.3 Å². The van der Waals surface area contributed by atoms with Crippen LogP contribution in [0.1, 0.15) is 50.8 Å². The summed E-state index contributed by atoms with van der Waals surface area (Å²) in [4.78, 5) is 12.6. The number of rotatable bonds is 7. The monoisotopic (exact) mass is 434 g/mol. The van der Waals surface area contributed by atoms with E-state index in [1.807, 2.05) is 76.9 Å². The fraction of sp³-hybridized carbons (Fsp3) is 0.370. The topological polar surface area (TPSA) is 72.2 Å². The van der Waals surface area contributed by atoms with Gasteiger partial charge in [-0.1, -0.05) is 50.6 Å². The molecule has 32 heavy (non-hydrogen) atoms. The maximum Gasteiger partial charge on any atom is 0.216 e. The van der Waals surface area contributed by atoms with Gasteiger partial charge in [-0.05, 0) is 50.1 Å². The van der Waals surface area contributed by atoms with Crippen LogP contribution in [0.15, 0.2) is 48.5 Å². The third kappa shape index (κ3) is 6.55. The molecule has 5 nitrogen and oxygen atoms in total. The Hall–Kier alpha value is -3.39. The number of benzene rings is 2. The molecule has 3 rings (SSSR count). The number of nitriles is 1. The van der Waals surface area contributed by atoms with Crippen molar-refractivity contribution in [3.8, 4) is 17.7 Å². The highest BCUT2D eigenvalue weighted by Crippen LogP contribution is 2.31. The van der Waals surface area contributed by atoms with Crippen LogP contribution in [0.2, 0.25) is 0 Å². The van der Waals surface area contributed by atoms with Crippen molar-refractivity contribution < 1.29 is 14.3 Å². The van der Waals surface area contributed by atoms with Gasteiger partial charge in [-0.15, -0.1) is 0 Å². The maximum atomic E-state index is 9.88. The molecule has 2 aromatic carbocycles. The fourth-order valence-electron chi connectivity index (χ4n) is 3.24. The largest absolute Gasteiger partial charge is 0.494 e. The van der Waals surface area contributed by atoms with E-state index >= 15 is 0 Å². The van der Waals surface area contributed by atoms with Gasteiger partial charge in [-0.25, -0.2) is 4.98 Å². The summed E-state index contributed by atoms with van der Waals surface area (Å²) in [6.07, 6.45) is 1.45. The summed E-state index contributed by atoms with van der Waals surface area (Å²) in [6.45, 7) is 12.5. The molecule has 1 atom stereocenters. The number of hydrogen-bond donors (Lipinski definition) is 0. The van der Waals surface area contributed by atoms with Gasteiger partial charge in [-0.2, -0.15) is 5.26 Å². The van der Waals surface area contributed by atoms with Crippen molar-refractivity contribution in [3.63, 3.8) is 0 Å². The van der Waals surface area contributed by atoms with Crippen LogP contribution in [0, 0.1) is 18.3 Å². The quantitative estimate of drug-likeness (QED) is 0.442. The van der Waals surface area contributed by atoms with E-state index in [0.717, 1.165) is 34.2 Å². The SMILES string of the molecule is C=O.CC.CCc1cc2ccc(C(C)(C#N)CCOc3ccc(C)cc3)cc2nc1OC. The molecule has 0 saturated carbocycles. The summed E-state index contributed by atoms with van der Waals surface area (Å²) in [6, 6.07) is 18.6. The second-order valence-corrected chi connectivity index (χ2v) is 7.27. The lowest BCUT2D eigenvalue weighted by atomic mass is 9.81. The molecule has 1 unspecified atom stereocenters. The number of methoxy groups -OCH3 is 1. The molecule has 0 aliphatic carbocycles. The van der Waals surface area contributed by atoms with Gasteiger partial charge in [0, 0.05) is 17.4 Å². The smallest absolute Gasteiger partial charge is 0.216 e. The van der Waals surface area contributed by atoms with Crippen LogP contribution < -0.4 is 9.47 Å². The Morgan fingerprint density at radius 3 is 2.31 bits per heavy atom. The van der Waals surface area contributed by atoms with E-state index in [1.165, 1.54) is 5.56 Å². The molecule has 1 heterocycles. The zero-order valence-electron chi connectivity index (χ0n) is 20.1. The second-order valence-electron chi connectivity index (χ2n) is 7.27. The van der Waals surface area contributed by atoms with Crippen LogP contribution >= 0.6 is 0 Å². The zero-order chi connectivity index (χ0) is 24.1. The van der Waals surface area contributed by atoms with Gasteiger partial charge in [0.15, 0.2) is 0 Å². The van der Waals surface area contributed by atoms with Crippen molar-refractivity contribution in [1.82, 2.24) is 4.98 Å². The summed E-state index contributed by atoms with van der Waals surface area (Å²) in [5, 5.41) is 10.9. The van der Waals surface area contributed by atoms with Crippen LogP contribution in [0.5, 0.6) is 11.6 Å². The van der Waals surface area contributed by atoms with E-state index < -0.39 is 5.41 Å². The van der Waals surface area contributed by atoms with Crippen molar-refractivity contribution in [1.29, 1.82) is 5.26 Å². The lowest BCUT2D eigenvalue weighted by Gasteiger charge is -2.23. The molecule has 0 spiro atoms. The molecule has 0 fully saturated rings. The minimum absolute atomic E-state index is 0.469. The van der Waals surface area contributed by atoms with Crippen molar-refractivity contribution in [2.75, 3.05) is 13.7 Å². The third-order valence-corrected chi connectivity index (χ3v) is 5.21. The second kappa shape index (κ2) is 13.1. The molecule has 170 valence electrons. The van der Waals surface area contributed by atoms with E-state index in [1.54, 1.807) is 7.11 Å². The summed E-state index contributed by atoms with van der Waals surface area (Å²) in [5.74, 6) is 1.47. The molecule has 0 bridgehead atoms. The lowest BCUT2D eigenvalue weighted by Crippen LogP contribution is -2.22. The molecule has 3 aromatic rings. The summed E-state index contributed by atoms with van der Waals surface area (Å²) in [5.41, 5.74) is 3.40. The predicted molar refractivity (Wildman–Crippen MR) is 130 cm³/mol. The Kier molecular flexibility index (Phi) is 10.9. The number of hydrogen-bond acceptors (Lipinski definition) is 5. The van der Waals surface area contributed by atoms with Crippen LogP contribution in [-0.4, -0.2) is 25.5 Å². The molecule has 0 amide bonds. The normalized spacial score (nSPS) is 11.7. The van der Waals surface area contributed by atoms with Crippen LogP contribution in [0.3, 0.4) is 0 Å². The summed E-state index contributed by atoms with van der Waals surface area (Å²) >= 11 is 0. The Morgan fingerprint density at radius 2 is 1.75 bits per heavy atom. The third-order valence-electron chi connectivity index (χ3n) is 5.21. The molecule has 0 saturated heterocycles. The van der Waals surface area contributed by atoms with Gasteiger partial charge in [0.1, 0.15) is 12.5 Å². The average molecular weight is 435 g/mol. The average Bonchev–Trinajstić information content (AvgIpc) is 2.86. The highest BCUT2D eigenvalue weighted by molar-refractivity contribution is 5.81. The standard InChI is InChI=1S/C24H26N2O2.C2H6.CH2O/c1-5-18-14-19-8-9-20(15-22(19)26-23(18)27-4)24(3,16-25)12-13-28-21-10-6-17(2)7-11-21;2*1-2/h6-11,14-15H,5,12-13H2,1-4H3;1-2H3;1H2. The maximum absolute atomic E-state index is 9.88. The molecule has 5 heteroatoms.